The average Bonchev–Trinajstić information content (AvgIpc) is 2.50. The van der Waals surface area contributed by atoms with Crippen LogP contribution in [0.25, 0.3) is 0 Å². The summed E-state index contributed by atoms with van der Waals surface area (Å²) in [6, 6.07) is -0.276. The van der Waals surface area contributed by atoms with E-state index in [9.17, 15) is 9.59 Å². The van der Waals surface area contributed by atoms with Gasteiger partial charge in [-0.3, -0.25) is 9.69 Å². The van der Waals surface area contributed by atoms with E-state index in [0.717, 1.165) is 0 Å². The number of nitrogens with zero attached hydrogens (tertiary/aromatic N) is 1. The summed E-state index contributed by atoms with van der Waals surface area (Å²) in [5.74, 6) is -0.101. The van der Waals surface area contributed by atoms with Crippen molar-refractivity contribution in [1.29, 1.82) is 0 Å². The van der Waals surface area contributed by atoms with E-state index < -0.39 is 5.54 Å². The van der Waals surface area contributed by atoms with Crippen LogP contribution in [0.15, 0.2) is 0 Å². The van der Waals surface area contributed by atoms with Crippen LogP contribution >= 0.6 is 0 Å². The lowest BCUT2D eigenvalue weighted by atomic mass is 9.90. The molecule has 16 heavy (non-hydrogen) atoms. The maximum atomic E-state index is 12.2. The molecule has 1 spiro atoms. The molecule has 2 N–H and O–H groups in total. The second-order valence-corrected chi connectivity index (χ2v) is 4.18. The van der Waals surface area contributed by atoms with Gasteiger partial charge in [0.15, 0.2) is 0 Å². The van der Waals surface area contributed by atoms with E-state index >= 15 is 0 Å². The standard InChI is InChI=1S/C10H17N3O3/c1-11-4-5-13-8(14)10(12-9(13)15)2-6-16-7-3-10/h11H,2-7H2,1H3,(H,12,15). The molecule has 3 amide bonds. The van der Waals surface area contributed by atoms with Gasteiger partial charge in [0.25, 0.3) is 5.91 Å². The van der Waals surface area contributed by atoms with Crippen molar-refractivity contribution in [1.82, 2.24) is 15.5 Å². The van der Waals surface area contributed by atoms with Crippen LogP contribution in [0.1, 0.15) is 12.8 Å². The molecule has 2 rings (SSSR count). The topological polar surface area (TPSA) is 70.7 Å². The van der Waals surface area contributed by atoms with Gasteiger partial charge in [0.05, 0.1) is 0 Å². The number of ether oxygens (including phenoxy) is 1. The number of hydrogen-bond acceptors (Lipinski definition) is 4. The molecule has 0 atom stereocenters. The number of rotatable bonds is 3. The number of hydrogen-bond donors (Lipinski definition) is 2. The fourth-order valence-corrected chi connectivity index (χ4v) is 2.16. The summed E-state index contributed by atoms with van der Waals surface area (Å²) in [6.07, 6.45) is 1.15. The molecule has 6 nitrogen and oxygen atoms in total. The number of likely N-dealkylation sites (N-methyl/N-ethyl adjacent to an activating group) is 1. The maximum absolute atomic E-state index is 12.2. The van der Waals surface area contributed by atoms with E-state index in [1.54, 1.807) is 7.05 Å². The van der Waals surface area contributed by atoms with Gasteiger partial charge in [0.1, 0.15) is 5.54 Å². The monoisotopic (exact) mass is 227 g/mol. The first-order valence-electron chi connectivity index (χ1n) is 5.56. The lowest BCUT2D eigenvalue weighted by Crippen LogP contribution is -2.51. The van der Waals surface area contributed by atoms with E-state index in [2.05, 4.69) is 10.6 Å². The predicted molar refractivity (Wildman–Crippen MR) is 57.0 cm³/mol. The third-order valence-corrected chi connectivity index (χ3v) is 3.18. The van der Waals surface area contributed by atoms with Crippen LogP contribution in [0.2, 0.25) is 0 Å². The minimum absolute atomic E-state index is 0.101. The Hall–Kier alpha value is -1.14. The van der Waals surface area contributed by atoms with Gasteiger partial charge in [-0.1, -0.05) is 0 Å². The molecule has 0 saturated carbocycles. The lowest BCUT2D eigenvalue weighted by molar-refractivity contribution is -0.134. The zero-order valence-electron chi connectivity index (χ0n) is 9.41. The second-order valence-electron chi connectivity index (χ2n) is 4.18. The highest BCUT2D eigenvalue weighted by Gasteiger charge is 2.51. The molecule has 2 aliphatic heterocycles. The summed E-state index contributed by atoms with van der Waals surface area (Å²) in [6.45, 7) is 2.10. The molecule has 0 aliphatic carbocycles. The Kier molecular flexibility index (Phi) is 3.11. The first-order chi connectivity index (χ1) is 7.69. The second kappa shape index (κ2) is 4.39. The molecule has 0 aromatic heterocycles. The zero-order valence-corrected chi connectivity index (χ0v) is 9.41. The first-order valence-corrected chi connectivity index (χ1v) is 5.56. The summed E-state index contributed by atoms with van der Waals surface area (Å²) in [5.41, 5.74) is -0.691. The van der Waals surface area contributed by atoms with E-state index in [0.29, 0.717) is 39.1 Å². The Bertz CT molecular complexity index is 300. The van der Waals surface area contributed by atoms with Gasteiger partial charge in [-0.2, -0.15) is 0 Å². The van der Waals surface area contributed by atoms with Crippen LogP contribution in [0.4, 0.5) is 4.79 Å². The number of imide groups is 1. The minimum atomic E-state index is -0.691. The van der Waals surface area contributed by atoms with Crippen LogP contribution < -0.4 is 10.6 Å². The third kappa shape index (κ3) is 1.78. The molecule has 2 fully saturated rings. The lowest BCUT2D eigenvalue weighted by Gasteiger charge is -2.30. The van der Waals surface area contributed by atoms with Crippen LogP contribution in [0, 0.1) is 0 Å². The molecular formula is C10H17N3O3. The third-order valence-electron chi connectivity index (χ3n) is 3.18. The quantitative estimate of drug-likeness (QED) is 0.626. The van der Waals surface area contributed by atoms with Gasteiger partial charge in [0.2, 0.25) is 0 Å². The van der Waals surface area contributed by atoms with Crippen LogP contribution in [-0.4, -0.2) is 55.7 Å². The fraction of sp³-hybridized carbons (Fsp3) is 0.800. The van der Waals surface area contributed by atoms with E-state index in [1.807, 2.05) is 0 Å². The Morgan fingerprint density at radius 1 is 1.44 bits per heavy atom. The van der Waals surface area contributed by atoms with Crippen molar-refractivity contribution in [2.24, 2.45) is 0 Å². The van der Waals surface area contributed by atoms with Crippen LogP contribution in [0.3, 0.4) is 0 Å². The maximum Gasteiger partial charge on any atom is 0.325 e. The van der Waals surface area contributed by atoms with E-state index in [4.69, 9.17) is 4.74 Å². The number of nitrogens with one attached hydrogen (secondary N) is 2. The molecule has 6 heteroatoms. The van der Waals surface area contributed by atoms with Crippen molar-refractivity contribution in [2.45, 2.75) is 18.4 Å². The number of carbonyl (C=O) groups is 2. The van der Waals surface area contributed by atoms with E-state index in [-0.39, 0.29) is 11.9 Å². The highest BCUT2D eigenvalue weighted by molar-refractivity contribution is 6.07. The summed E-state index contributed by atoms with van der Waals surface area (Å²) < 4.78 is 5.22. The van der Waals surface area contributed by atoms with Crippen molar-refractivity contribution in [3.63, 3.8) is 0 Å². The molecule has 0 aromatic rings. The SMILES string of the molecule is CNCCN1C(=O)NC2(CCOCC2)C1=O. The summed E-state index contributed by atoms with van der Waals surface area (Å²) in [4.78, 5) is 25.1. The van der Waals surface area contributed by atoms with Gasteiger partial charge in [-0.25, -0.2) is 4.79 Å². The average molecular weight is 227 g/mol. The van der Waals surface area contributed by atoms with Gasteiger partial charge < -0.3 is 15.4 Å². The molecule has 90 valence electrons. The molecule has 0 bridgehead atoms. The number of urea groups is 1. The normalized spacial score (nSPS) is 23.9. The molecule has 0 aromatic carbocycles. The first kappa shape index (κ1) is 11.3. The van der Waals surface area contributed by atoms with Crippen molar-refractivity contribution in [3.8, 4) is 0 Å². The van der Waals surface area contributed by atoms with Crippen LogP contribution in [0.5, 0.6) is 0 Å². The van der Waals surface area contributed by atoms with Gasteiger partial charge in [-0.05, 0) is 7.05 Å². The summed E-state index contributed by atoms with van der Waals surface area (Å²) >= 11 is 0. The van der Waals surface area contributed by atoms with E-state index in [1.165, 1.54) is 4.90 Å². The van der Waals surface area contributed by atoms with Crippen LogP contribution in [-0.2, 0) is 9.53 Å². The molecule has 2 aliphatic rings. The van der Waals surface area contributed by atoms with Gasteiger partial charge in [0, 0.05) is 39.1 Å². The number of amides is 3. The number of carbonyl (C=O) groups excluding carboxylic acids is 2. The predicted octanol–water partition coefficient (Wildman–Crippen LogP) is -0.693. The van der Waals surface area contributed by atoms with Crippen molar-refractivity contribution < 1.29 is 14.3 Å². The highest BCUT2D eigenvalue weighted by Crippen LogP contribution is 2.27. The van der Waals surface area contributed by atoms with Crippen molar-refractivity contribution >= 4 is 11.9 Å². The Morgan fingerprint density at radius 3 is 2.75 bits per heavy atom. The Labute approximate surface area is 94.3 Å². The summed E-state index contributed by atoms with van der Waals surface area (Å²) in [5, 5.41) is 5.74. The van der Waals surface area contributed by atoms with Gasteiger partial charge in [-0.15, -0.1) is 0 Å². The molecule has 0 radical (unpaired) electrons. The molecule has 2 saturated heterocycles. The largest absolute Gasteiger partial charge is 0.381 e. The minimum Gasteiger partial charge on any atom is -0.381 e. The molecular weight excluding hydrogens is 210 g/mol. The Balaban J connectivity index is 2.08. The Morgan fingerprint density at radius 2 is 2.12 bits per heavy atom. The fourth-order valence-electron chi connectivity index (χ4n) is 2.16. The summed E-state index contributed by atoms with van der Waals surface area (Å²) in [7, 11) is 1.79. The van der Waals surface area contributed by atoms with Crippen molar-refractivity contribution in [3.05, 3.63) is 0 Å². The van der Waals surface area contributed by atoms with Crippen molar-refractivity contribution in [2.75, 3.05) is 33.4 Å². The molecule has 0 unspecified atom stereocenters. The zero-order chi connectivity index (χ0) is 11.6. The van der Waals surface area contributed by atoms with Gasteiger partial charge >= 0.3 is 6.03 Å². The highest BCUT2D eigenvalue weighted by atomic mass is 16.5. The molecule has 2 heterocycles. The smallest absolute Gasteiger partial charge is 0.325 e.